The number of aryl methyl sites for hydroxylation is 2. The van der Waals surface area contributed by atoms with Crippen LogP contribution in [-0.2, 0) is 9.59 Å². The predicted molar refractivity (Wildman–Crippen MR) is 110 cm³/mol. The Labute approximate surface area is 170 Å². The highest BCUT2D eigenvalue weighted by Crippen LogP contribution is 2.36. The first-order valence-corrected chi connectivity index (χ1v) is 10.8. The quantitative estimate of drug-likeness (QED) is 0.595. The second kappa shape index (κ2) is 7.78. The summed E-state index contributed by atoms with van der Waals surface area (Å²) in [6.45, 7) is 10.4. The average molecular weight is 404 g/mol. The Kier molecular flexibility index (Phi) is 5.75. The normalized spacial score (nSPS) is 24.6. The molecule has 1 aliphatic carbocycles. The molecule has 4 amide bonds. The summed E-state index contributed by atoms with van der Waals surface area (Å²) in [5.41, 5.74) is 6.36. The number of carbonyl (C=O) groups is 3. The molecule has 2 N–H and O–H groups in total. The van der Waals surface area contributed by atoms with Crippen molar-refractivity contribution >= 4 is 29.6 Å². The summed E-state index contributed by atoms with van der Waals surface area (Å²) in [6.07, 6.45) is 3.05. The lowest BCUT2D eigenvalue weighted by atomic mass is 9.77. The van der Waals surface area contributed by atoms with Crippen molar-refractivity contribution in [1.82, 2.24) is 15.8 Å². The maximum atomic E-state index is 12.8. The number of nitrogens with zero attached hydrogens (tertiary/aromatic N) is 1. The monoisotopic (exact) mass is 403 g/mol. The van der Waals surface area contributed by atoms with Crippen LogP contribution in [0.15, 0.2) is 11.0 Å². The van der Waals surface area contributed by atoms with E-state index < -0.39 is 11.6 Å². The lowest BCUT2D eigenvalue weighted by Gasteiger charge is -2.33. The lowest BCUT2D eigenvalue weighted by molar-refractivity contribution is -0.139. The van der Waals surface area contributed by atoms with Crippen LogP contribution in [0.2, 0.25) is 0 Å². The van der Waals surface area contributed by atoms with Crippen molar-refractivity contribution in [2.24, 2.45) is 5.92 Å². The van der Waals surface area contributed by atoms with E-state index in [9.17, 15) is 14.4 Å². The molecule has 1 aromatic rings. The predicted octanol–water partition coefficient (Wildman–Crippen LogP) is 3.54. The molecule has 2 fully saturated rings. The van der Waals surface area contributed by atoms with Crippen molar-refractivity contribution in [2.75, 3.05) is 5.75 Å². The molecule has 1 aromatic carbocycles. The van der Waals surface area contributed by atoms with Crippen molar-refractivity contribution in [3.05, 3.63) is 28.3 Å². The van der Waals surface area contributed by atoms with Crippen LogP contribution in [-0.4, -0.2) is 34.1 Å². The molecule has 1 heterocycles. The molecule has 152 valence electrons. The third-order valence-corrected chi connectivity index (χ3v) is 7.48. The second-order valence-electron chi connectivity index (χ2n) is 8.25. The van der Waals surface area contributed by atoms with Crippen molar-refractivity contribution in [1.29, 1.82) is 0 Å². The zero-order valence-corrected chi connectivity index (χ0v) is 18.1. The molecule has 28 heavy (non-hydrogen) atoms. The van der Waals surface area contributed by atoms with E-state index in [0.717, 1.165) is 33.9 Å². The fourth-order valence-corrected chi connectivity index (χ4v) is 5.10. The van der Waals surface area contributed by atoms with Crippen LogP contribution in [0.4, 0.5) is 4.79 Å². The summed E-state index contributed by atoms with van der Waals surface area (Å²) in [7, 11) is 0. The number of thioether (sulfide) groups is 1. The van der Waals surface area contributed by atoms with Gasteiger partial charge in [0.1, 0.15) is 5.54 Å². The average Bonchev–Trinajstić information content (AvgIpc) is 2.87. The van der Waals surface area contributed by atoms with Gasteiger partial charge in [-0.2, -0.15) is 5.01 Å². The van der Waals surface area contributed by atoms with Gasteiger partial charge >= 0.3 is 6.03 Å². The summed E-state index contributed by atoms with van der Waals surface area (Å²) in [5, 5.41) is 3.69. The Balaban J connectivity index is 1.64. The number of imide groups is 1. The second-order valence-corrected chi connectivity index (χ2v) is 9.23. The molecule has 0 aromatic heterocycles. The van der Waals surface area contributed by atoms with Crippen LogP contribution in [0, 0.1) is 33.6 Å². The molecule has 0 atom stereocenters. The maximum absolute atomic E-state index is 12.8. The van der Waals surface area contributed by atoms with E-state index in [2.05, 4.69) is 37.6 Å². The molecule has 0 radical (unpaired) electrons. The van der Waals surface area contributed by atoms with E-state index in [1.807, 2.05) is 13.8 Å². The SMILES string of the molecule is Cc1cc(C)c(C)c(SCC(=O)NN2C(=O)NC3(CCC(C)CC3)C2=O)c1C. The summed E-state index contributed by atoms with van der Waals surface area (Å²) in [5.74, 6) is 0.0138. The van der Waals surface area contributed by atoms with Crippen LogP contribution in [0.5, 0.6) is 0 Å². The molecule has 7 heteroatoms. The third-order valence-electron chi connectivity index (χ3n) is 6.17. The molecule has 1 aliphatic heterocycles. The molecule has 0 unspecified atom stereocenters. The van der Waals surface area contributed by atoms with E-state index >= 15 is 0 Å². The number of amides is 4. The van der Waals surface area contributed by atoms with Crippen LogP contribution in [0.3, 0.4) is 0 Å². The first kappa shape index (κ1) is 20.7. The third kappa shape index (κ3) is 3.77. The minimum absolute atomic E-state index is 0.145. The van der Waals surface area contributed by atoms with Crippen molar-refractivity contribution < 1.29 is 14.4 Å². The van der Waals surface area contributed by atoms with Crippen LogP contribution in [0.25, 0.3) is 0 Å². The van der Waals surface area contributed by atoms with Crippen LogP contribution in [0.1, 0.15) is 54.9 Å². The highest BCUT2D eigenvalue weighted by Gasteiger charge is 2.52. The van der Waals surface area contributed by atoms with Crippen molar-refractivity contribution in [3.8, 4) is 0 Å². The number of urea groups is 1. The minimum Gasteiger partial charge on any atom is -0.322 e. The largest absolute Gasteiger partial charge is 0.344 e. The molecule has 1 saturated carbocycles. The zero-order valence-electron chi connectivity index (χ0n) is 17.3. The van der Waals surface area contributed by atoms with Gasteiger partial charge in [-0.3, -0.25) is 15.0 Å². The Morgan fingerprint density at radius 2 is 1.75 bits per heavy atom. The van der Waals surface area contributed by atoms with Gasteiger partial charge < -0.3 is 5.32 Å². The van der Waals surface area contributed by atoms with Gasteiger partial charge in [-0.1, -0.05) is 13.0 Å². The topological polar surface area (TPSA) is 78.5 Å². The standard InChI is InChI=1S/C21H29N3O3S/c1-12-6-8-21(9-7-12)19(26)24(20(27)22-21)23-17(25)11-28-18-15(4)13(2)10-14(3)16(18)5/h10,12H,6-9,11H2,1-5H3,(H,22,27)(H,23,25). The molecule has 2 aliphatic rings. The zero-order chi connectivity index (χ0) is 20.6. The molecule has 1 saturated heterocycles. The van der Waals surface area contributed by atoms with Crippen LogP contribution >= 0.6 is 11.8 Å². The van der Waals surface area contributed by atoms with E-state index in [-0.39, 0.29) is 17.6 Å². The molecule has 3 rings (SSSR count). The molecular weight excluding hydrogens is 374 g/mol. The number of carbonyl (C=O) groups excluding carboxylic acids is 3. The Bertz CT molecular complexity index is 802. The summed E-state index contributed by atoms with van der Waals surface area (Å²) >= 11 is 1.44. The van der Waals surface area contributed by atoms with E-state index in [4.69, 9.17) is 0 Å². The van der Waals surface area contributed by atoms with Crippen molar-refractivity contribution in [2.45, 2.75) is 70.7 Å². The fraction of sp³-hybridized carbons (Fsp3) is 0.571. The van der Waals surface area contributed by atoms with E-state index in [1.54, 1.807) is 0 Å². The van der Waals surface area contributed by atoms with Gasteiger partial charge in [-0.25, -0.2) is 4.79 Å². The van der Waals surface area contributed by atoms with Gasteiger partial charge in [-0.15, -0.1) is 11.8 Å². The Hall–Kier alpha value is -2.02. The first-order chi connectivity index (χ1) is 13.1. The number of nitrogens with one attached hydrogen (secondary N) is 2. The summed E-state index contributed by atoms with van der Waals surface area (Å²) in [6, 6.07) is 1.61. The first-order valence-electron chi connectivity index (χ1n) is 9.81. The van der Waals surface area contributed by atoms with Crippen LogP contribution < -0.4 is 10.7 Å². The van der Waals surface area contributed by atoms with Gasteiger partial charge in [0.15, 0.2) is 0 Å². The van der Waals surface area contributed by atoms with Gasteiger partial charge in [0.05, 0.1) is 5.75 Å². The molecule has 1 spiro atoms. The summed E-state index contributed by atoms with van der Waals surface area (Å²) in [4.78, 5) is 38.7. The molecule has 6 nitrogen and oxygen atoms in total. The minimum atomic E-state index is -0.842. The lowest BCUT2D eigenvalue weighted by Crippen LogP contribution is -2.51. The van der Waals surface area contributed by atoms with Gasteiger partial charge in [0.2, 0.25) is 5.91 Å². The van der Waals surface area contributed by atoms with E-state index in [1.165, 1.54) is 22.9 Å². The highest BCUT2D eigenvalue weighted by molar-refractivity contribution is 8.00. The summed E-state index contributed by atoms with van der Waals surface area (Å²) < 4.78 is 0. The molecular formula is C21H29N3O3S. The van der Waals surface area contributed by atoms with Gasteiger partial charge in [0.25, 0.3) is 5.91 Å². The maximum Gasteiger partial charge on any atom is 0.344 e. The highest BCUT2D eigenvalue weighted by atomic mass is 32.2. The number of hydrogen-bond acceptors (Lipinski definition) is 4. The Morgan fingerprint density at radius 1 is 1.18 bits per heavy atom. The van der Waals surface area contributed by atoms with Crippen molar-refractivity contribution in [3.63, 3.8) is 0 Å². The van der Waals surface area contributed by atoms with E-state index in [0.29, 0.717) is 18.8 Å². The molecule has 0 bridgehead atoms. The number of benzene rings is 1. The van der Waals surface area contributed by atoms with Gasteiger partial charge in [-0.05, 0) is 81.5 Å². The number of hydrogen-bond donors (Lipinski definition) is 2. The fourth-order valence-electron chi connectivity index (χ4n) is 4.01. The Morgan fingerprint density at radius 3 is 2.32 bits per heavy atom. The number of rotatable bonds is 4. The number of hydrazine groups is 1. The smallest absolute Gasteiger partial charge is 0.322 e. The van der Waals surface area contributed by atoms with Gasteiger partial charge in [0, 0.05) is 4.90 Å².